The summed E-state index contributed by atoms with van der Waals surface area (Å²) in [6.45, 7) is 2.73. The van der Waals surface area contributed by atoms with E-state index in [-0.39, 0.29) is 11.9 Å². The zero-order valence-corrected chi connectivity index (χ0v) is 16.0. The van der Waals surface area contributed by atoms with Crippen LogP contribution in [0.1, 0.15) is 18.4 Å². The van der Waals surface area contributed by atoms with Crippen LogP contribution in [0.4, 0.5) is 0 Å². The van der Waals surface area contributed by atoms with Crippen molar-refractivity contribution >= 4 is 33.0 Å². The number of ether oxygens (including phenoxy) is 1. The fourth-order valence-electron chi connectivity index (χ4n) is 2.82. The standard InChI is InChI=1S/C17H18Cl2N2O3S/c1-12-4-6-14(7-5-12)25(22,23)16-3-2-8-21(16)11-24-13-9-15(18)17(19)20-10-13/h4-7,9-10,16H,2-3,8,11H2,1H3. The molecule has 1 aromatic heterocycles. The topological polar surface area (TPSA) is 59.5 Å². The Kier molecular flexibility index (Phi) is 5.53. The molecule has 0 bridgehead atoms. The summed E-state index contributed by atoms with van der Waals surface area (Å²) in [5, 5.41) is -0.0923. The number of hydrogen-bond donors (Lipinski definition) is 0. The first kappa shape index (κ1) is 18.5. The summed E-state index contributed by atoms with van der Waals surface area (Å²) in [7, 11) is -3.44. The zero-order valence-electron chi connectivity index (χ0n) is 13.7. The molecule has 5 nitrogen and oxygen atoms in total. The van der Waals surface area contributed by atoms with Gasteiger partial charge >= 0.3 is 0 Å². The summed E-state index contributed by atoms with van der Waals surface area (Å²) < 4.78 is 31.5. The summed E-state index contributed by atoms with van der Waals surface area (Å²) >= 11 is 11.7. The molecular formula is C17H18Cl2N2O3S. The molecule has 1 aromatic carbocycles. The second-order valence-electron chi connectivity index (χ2n) is 5.98. The van der Waals surface area contributed by atoms with Crippen molar-refractivity contribution in [1.82, 2.24) is 9.88 Å². The monoisotopic (exact) mass is 400 g/mol. The highest BCUT2D eigenvalue weighted by Crippen LogP contribution is 2.29. The summed E-state index contributed by atoms with van der Waals surface area (Å²) in [4.78, 5) is 6.08. The minimum absolute atomic E-state index is 0.148. The molecule has 1 aliphatic heterocycles. The van der Waals surface area contributed by atoms with Gasteiger partial charge in [0, 0.05) is 12.6 Å². The smallest absolute Gasteiger partial charge is 0.194 e. The van der Waals surface area contributed by atoms with Crippen LogP contribution in [0.2, 0.25) is 10.2 Å². The lowest BCUT2D eigenvalue weighted by Gasteiger charge is -2.24. The van der Waals surface area contributed by atoms with Crippen molar-refractivity contribution < 1.29 is 13.2 Å². The van der Waals surface area contributed by atoms with Gasteiger partial charge in [0.2, 0.25) is 0 Å². The molecule has 25 heavy (non-hydrogen) atoms. The Morgan fingerprint density at radius 3 is 2.68 bits per heavy atom. The highest BCUT2D eigenvalue weighted by Gasteiger charge is 2.36. The van der Waals surface area contributed by atoms with Gasteiger partial charge < -0.3 is 4.74 Å². The number of sulfone groups is 1. The third-order valence-corrected chi connectivity index (χ3v) is 7.05. The van der Waals surface area contributed by atoms with Gasteiger partial charge in [-0.05, 0) is 31.9 Å². The van der Waals surface area contributed by atoms with Crippen LogP contribution in [0, 0.1) is 6.92 Å². The molecule has 3 rings (SSSR count). The van der Waals surface area contributed by atoms with E-state index in [9.17, 15) is 8.42 Å². The number of benzene rings is 1. The van der Waals surface area contributed by atoms with Gasteiger partial charge in [-0.15, -0.1) is 0 Å². The van der Waals surface area contributed by atoms with Crippen LogP contribution < -0.4 is 4.74 Å². The minimum Gasteiger partial charge on any atom is -0.476 e. The normalized spacial score (nSPS) is 18.4. The molecule has 8 heteroatoms. The number of pyridine rings is 1. The lowest BCUT2D eigenvalue weighted by atomic mass is 10.2. The second kappa shape index (κ2) is 7.50. The van der Waals surface area contributed by atoms with Crippen LogP contribution in [0.3, 0.4) is 0 Å². The zero-order chi connectivity index (χ0) is 18.0. The van der Waals surface area contributed by atoms with Gasteiger partial charge in [0.25, 0.3) is 0 Å². The van der Waals surface area contributed by atoms with Crippen molar-refractivity contribution in [3.05, 3.63) is 52.3 Å². The largest absolute Gasteiger partial charge is 0.476 e. The average Bonchev–Trinajstić information content (AvgIpc) is 3.06. The second-order valence-corrected chi connectivity index (χ2v) is 8.86. The number of likely N-dealkylation sites (tertiary alicyclic amines) is 1. The van der Waals surface area contributed by atoms with Crippen molar-refractivity contribution in [2.75, 3.05) is 13.3 Å². The fourth-order valence-corrected chi connectivity index (χ4v) is 4.94. The van der Waals surface area contributed by atoms with Gasteiger partial charge in [0.1, 0.15) is 23.0 Å². The molecule has 2 heterocycles. The van der Waals surface area contributed by atoms with Gasteiger partial charge in [0.15, 0.2) is 9.84 Å². The molecule has 1 fully saturated rings. The Morgan fingerprint density at radius 2 is 2.00 bits per heavy atom. The Labute approximate surface area is 157 Å². The van der Waals surface area contributed by atoms with Crippen molar-refractivity contribution in [3.8, 4) is 5.75 Å². The molecule has 1 saturated heterocycles. The van der Waals surface area contributed by atoms with Crippen LogP contribution in [-0.2, 0) is 9.84 Å². The predicted molar refractivity (Wildman–Crippen MR) is 97.8 cm³/mol. The molecule has 0 amide bonds. The third kappa shape index (κ3) is 4.08. The van der Waals surface area contributed by atoms with Crippen molar-refractivity contribution in [2.45, 2.75) is 30.0 Å². The SMILES string of the molecule is Cc1ccc(S(=O)(=O)C2CCCN2COc2cnc(Cl)c(Cl)c2)cc1. The van der Waals surface area contributed by atoms with Crippen molar-refractivity contribution in [3.63, 3.8) is 0 Å². The maximum Gasteiger partial charge on any atom is 0.194 e. The Hall–Kier alpha value is -1.34. The average molecular weight is 401 g/mol. The quantitative estimate of drug-likeness (QED) is 0.711. The lowest BCUT2D eigenvalue weighted by Crippen LogP contribution is -2.38. The van der Waals surface area contributed by atoms with Crippen LogP contribution in [0.5, 0.6) is 5.75 Å². The van der Waals surface area contributed by atoms with E-state index in [1.54, 1.807) is 18.2 Å². The molecule has 1 atom stereocenters. The Morgan fingerprint density at radius 1 is 1.28 bits per heavy atom. The number of rotatable bonds is 5. The number of aromatic nitrogens is 1. The number of halogens is 2. The van der Waals surface area contributed by atoms with Gasteiger partial charge in [-0.1, -0.05) is 40.9 Å². The molecule has 1 unspecified atom stereocenters. The lowest BCUT2D eigenvalue weighted by molar-refractivity contribution is 0.138. The highest BCUT2D eigenvalue weighted by atomic mass is 35.5. The summed E-state index contributed by atoms with van der Waals surface area (Å²) in [6, 6.07) is 8.50. The molecule has 2 aromatic rings. The third-order valence-electron chi connectivity index (χ3n) is 4.18. The van der Waals surface area contributed by atoms with Gasteiger partial charge in [-0.3, -0.25) is 4.90 Å². The van der Waals surface area contributed by atoms with E-state index in [4.69, 9.17) is 27.9 Å². The van der Waals surface area contributed by atoms with Crippen LogP contribution in [0.25, 0.3) is 0 Å². The molecule has 0 spiro atoms. The fraction of sp³-hybridized carbons (Fsp3) is 0.353. The van der Waals surface area contributed by atoms with E-state index >= 15 is 0 Å². The first-order valence-electron chi connectivity index (χ1n) is 7.86. The van der Waals surface area contributed by atoms with E-state index in [1.165, 1.54) is 6.20 Å². The minimum atomic E-state index is -3.44. The maximum absolute atomic E-state index is 12.9. The molecule has 0 saturated carbocycles. The number of nitrogens with zero attached hydrogens (tertiary/aromatic N) is 2. The summed E-state index contributed by atoms with van der Waals surface area (Å²) in [6.07, 6.45) is 2.85. The molecule has 134 valence electrons. The summed E-state index contributed by atoms with van der Waals surface area (Å²) in [5.74, 6) is 0.452. The molecule has 1 aliphatic rings. The molecule has 0 N–H and O–H groups in total. The van der Waals surface area contributed by atoms with E-state index < -0.39 is 15.2 Å². The summed E-state index contributed by atoms with van der Waals surface area (Å²) in [5.41, 5.74) is 1.03. The molecular weight excluding hydrogens is 383 g/mol. The molecule has 0 radical (unpaired) electrons. The van der Waals surface area contributed by atoms with Gasteiger partial charge in [-0.2, -0.15) is 0 Å². The first-order chi connectivity index (χ1) is 11.9. The predicted octanol–water partition coefficient (Wildman–Crippen LogP) is 3.93. The van der Waals surface area contributed by atoms with E-state index in [0.29, 0.717) is 28.6 Å². The van der Waals surface area contributed by atoms with Gasteiger partial charge in [-0.25, -0.2) is 13.4 Å². The number of hydrogen-bond acceptors (Lipinski definition) is 5. The van der Waals surface area contributed by atoms with Crippen LogP contribution in [-0.4, -0.2) is 37.0 Å². The Bertz CT molecular complexity index is 857. The van der Waals surface area contributed by atoms with E-state index in [2.05, 4.69) is 4.98 Å². The highest BCUT2D eigenvalue weighted by molar-refractivity contribution is 7.92. The maximum atomic E-state index is 12.9. The molecule has 0 aliphatic carbocycles. The van der Waals surface area contributed by atoms with Crippen LogP contribution in [0.15, 0.2) is 41.4 Å². The van der Waals surface area contributed by atoms with Crippen molar-refractivity contribution in [2.24, 2.45) is 0 Å². The first-order valence-corrected chi connectivity index (χ1v) is 10.2. The van der Waals surface area contributed by atoms with E-state index in [1.807, 2.05) is 24.0 Å². The number of aryl methyl sites for hydroxylation is 1. The van der Waals surface area contributed by atoms with Crippen molar-refractivity contribution in [1.29, 1.82) is 0 Å². The van der Waals surface area contributed by atoms with Crippen LogP contribution >= 0.6 is 23.2 Å². The van der Waals surface area contributed by atoms with E-state index in [0.717, 1.165) is 12.0 Å². The van der Waals surface area contributed by atoms with Gasteiger partial charge in [0.05, 0.1) is 16.1 Å². The Balaban J connectivity index is 1.73.